The summed E-state index contributed by atoms with van der Waals surface area (Å²) >= 11 is 0. The van der Waals surface area contributed by atoms with Crippen molar-refractivity contribution in [1.29, 1.82) is 0 Å². The molecule has 1 aromatic rings. The molecule has 0 radical (unpaired) electrons. The Bertz CT molecular complexity index is 463. The molecule has 0 aliphatic rings. The lowest BCUT2D eigenvalue weighted by Crippen LogP contribution is -2.31. The molecule has 0 aliphatic carbocycles. The second-order valence-electron chi connectivity index (χ2n) is 4.64. The minimum Gasteiger partial charge on any atom is -0.481 e. The van der Waals surface area contributed by atoms with E-state index in [-0.39, 0.29) is 6.03 Å². The maximum absolute atomic E-state index is 11.6. The fraction of sp³-hybridized carbons (Fsp3) is 0.429. The molecule has 1 aromatic carbocycles. The number of anilines is 1. The largest absolute Gasteiger partial charge is 0.481 e. The first-order valence-electron chi connectivity index (χ1n) is 6.54. The first-order valence-corrected chi connectivity index (χ1v) is 6.54. The van der Waals surface area contributed by atoms with Gasteiger partial charge in [-0.05, 0) is 31.2 Å². The van der Waals surface area contributed by atoms with Crippen molar-refractivity contribution in [1.82, 2.24) is 10.6 Å². The third-order valence-electron chi connectivity index (χ3n) is 2.85. The Morgan fingerprint density at radius 2 is 2.10 bits per heavy atom. The van der Waals surface area contributed by atoms with Crippen LogP contribution in [0.4, 0.5) is 10.5 Å². The zero-order chi connectivity index (χ0) is 15.0. The van der Waals surface area contributed by atoms with Crippen LogP contribution in [0.15, 0.2) is 24.3 Å². The number of hydrogen-bond acceptors (Lipinski definition) is 3. The van der Waals surface area contributed by atoms with Crippen LogP contribution in [0.3, 0.4) is 0 Å². The smallest absolute Gasteiger partial charge is 0.319 e. The van der Waals surface area contributed by atoms with E-state index in [2.05, 4.69) is 16.0 Å². The number of benzene rings is 1. The van der Waals surface area contributed by atoms with Gasteiger partial charge in [-0.2, -0.15) is 0 Å². The Balaban J connectivity index is 2.38. The Morgan fingerprint density at radius 3 is 2.75 bits per heavy atom. The predicted octanol–water partition coefficient (Wildman–Crippen LogP) is 1.64. The predicted molar refractivity (Wildman–Crippen MR) is 77.6 cm³/mol. The Hall–Kier alpha value is -2.08. The van der Waals surface area contributed by atoms with Gasteiger partial charge in [0.2, 0.25) is 0 Å². The van der Waals surface area contributed by atoms with Gasteiger partial charge in [0.15, 0.2) is 0 Å². The van der Waals surface area contributed by atoms with Crippen LogP contribution in [0.25, 0.3) is 0 Å². The molecule has 1 atom stereocenters. The number of hydrogen-bond donors (Lipinski definition) is 4. The average molecular weight is 279 g/mol. The lowest BCUT2D eigenvalue weighted by Gasteiger charge is -2.10. The first-order chi connectivity index (χ1) is 9.52. The minimum atomic E-state index is -0.855. The van der Waals surface area contributed by atoms with Gasteiger partial charge >= 0.3 is 12.0 Å². The van der Waals surface area contributed by atoms with Crippen molar-refractivity contribution in [2.75, 3.05) is 18.9 Å². The highest BCUT2D eigenvalue weighted by molar-refractivity contribution is 5.89. The molecule has 0 bridgehead atoms. The van der Waals surface area contributed by atoms with E-state index >= 15 is 0 Å². The highest BCUT2D eigenvalue weighted by atomic mass is 16.4. The van der Waals surface area contributed by atoms with Crippen LogP contribution in [0.1, 0.15) is 18.9 Å². The SMILES string of the molecule is CNCc1cccc(NC(=O)NCCC(C)C(=O)O)c1. The second-order valence-corrected chi connectivity index (χ2v) is 4.64. The molecule has 0 aromatic heterocycles. The summed E-state index contributed by atoms with van der Waals surface area (Å²) in [4.78, 5) is 22.3. The van der Waals surface area contributed by atoms with E-state index in [4.69, 9.17) is 5.11 Å². The first kappa shape index (κ1) is 16.0. The Morgan fingerprint density at radius 1 is 1.35 bits per heavy atom. The number of carboxylic acid groups (broad SMARTS) is 1. The topological polar surface area (TPSA) is 90.5 Å². The van der Waals surface area contributed by atoms with Crippen molar-refractivity contribution in [2.45, 2.75) is 19.9 Å². The molecule has 0 aliphatic heterocycles. The quantitative estimate of drug-likeness (QED) is 0.610. The molecule has 4 N–H and O–H groups in total. The molecule has 0 spiro atoms. The molecule has 1 unspecified atom stereocenters. The number of carbonyl (C=O) groups excluding carboxylic acids is 1. The van der Waals surface area contributed by atoms with Crippen LogP contribution in [0.5, 0.6) is 0 Å². The number of carbonyl (C=O) groups is 2. The highest BCUT2D eigenvalue weighted by Gasteiger charge is 2.10. The zero-order valence-corrected chi connectivity index (χ0v) is 11.8. The summed E-state index contributed by atoms with van der Waals surface area (Å²) in [6.45, 7) is 2.67. The monoisotopic (exact) mass is 279 g/mol. The van der Waals surface area contributed by atoms with Crippen molar-refractivity contribution in [2.24, 2.45) is 5.92 Å². The third-order valence-corrected chi connectivity index (χ3v) is 2.85. The molecule has 1 rings (SSSR count). The molecule has 0 saturated heterocycles. The average Bonchev–Trinajstić information content (AvgIpc) is 2.39. The van der Waals surface area contributed by atoms with E-state index in [1.54, 1.807) is 13.0 Å². The zero-order valence-electron chi connectivity index (χ0n) is 11.8. The van der Waals surface area contributed by atoms with Crippen LogP contribution in [-0.2, 0) is 11.3 Å². The summed E-state index contributed by atoms with van der Waals surface area (Å²) in [7, 11) is 1.86. The van der Waals surface area contributed by atoms with Gasteiger partial charge in [0.05, 0.1) is 5.92 Å². The van der Waals surface area contributed by atoms with E-state index in [1.165, 1.54) is 0 Å². The van der Waals surface area contributed by atoms with E-state index in [0.29, 0.717) is 18.7 Å². The number of nitrogens with one attached hydrogen (secondary N) is 3. The van der Waals surface area contributed by atoms with Crippen molar-refractivity contribution in [3.05, 3.63) is 29.8 Å². The maximum atomic E-state index is 11.6. The lowest BCUT2D eigenvalue weighted by atomic mass is 10.1. The van der Waals surface area contributed by atoms with E-state index in [1.807, 2.05) is 25.2 Å². The fourth-order valence-electron chi connectivity index (χ4n) is 1.66. The number of carboxylic acids is 1. The van der Waals surface area contributed by atoms with E-state index in [9.17, 15) is 9.59 Å². The van der Waals surface area contributed by atoms with E-state index < -0.39 is 11.9 Å². The van der Waals surface area contributed by atoms with Gasteiger partial charge in [0.25, 0.3) is 0 Å². The molecule has 0 saturated carbocycles. The van der Waals surface area contributed by atoms with Crippen LogP contribution >= 0.6 is 0 Å². The second kappa shape index (κ2) is 8.16. The minimum absolute atomic E-state index is 0.329. The number of aliphatic carboxylic acids is 1. The normalized spacial score (nSPS) is 11.7. The van der Waals surface area contributed by atoms with Crippen LogP contribution in [-0.4, -0.2) is 30.7 Å². The van der Waals surface area contributed by atoms with Gasteiger partial charge in [-0.1, -0.05) is 19.1 Å². The summed E-state index contributed by atoms with van der Waals surface area (Å²) in [6.07, 6.45) is 0.405. The van der Waals surface area contributed by atoms with E-state index in [0.717, 1.165) is 12.1 Å². The van der Waals surface area contributed by atoms with Gasteiger partial charge in [-0.3, -0.25) is 4.79 Å². The van der Waals surface area contributed by atoms with Gasteiger partial charge in [0.1, 0.15) is 0 Å². The number of amides is 2. The third kappa shape index (κ3) is 5.71. The van der Waals surface area contributed by atoms with Crippen LogP contribution < -0.4 is 16.0 Å². The summed E-state index contributed by atoms with van der Waals surface area (Å²) in [5.41, 5.74) is 1.78. The van der Waals surface area contributed by atoms with Gasteiger partial charge in [-0.15, -0.1) is 0 Å². The van der Waals surface area contributed by atoms with Gasteiger partial charge in [-0.25, -0.2) is 4.79 Å². The van der Waals surface area contributed by atoms with Crippen molar-refractivity contribution >= 4 is 17.7 Å². The van der Waals surface area contributed by atoms with Crippen LogP contribution in [0, 0.1) is 5.92 Å². The molecular formula is C14H21N3O3. The molecule has 2 amide bonds. The summed E-state index contributed by atoms with van der Waals surface area (Å²) in [6, 6.07) is 7.20. The van der Waals surface area contributed by atoms with Crippen molar-refractivity contribution in [3.8, 4) is 0 Å². The van der Waals surface area contributed by atoms with Gasteiger partial charge in [0, 0.05) is 18.8 Å². The lowest BCUT2D eigenvalue weighted by molar-refractivity contribution is -0.141. The number of rotatable bonds is 7. The molecule has 0 heterocycles. The maximum Gasteiger partial charge on any atom is 0.319 e. The standard InChI is InChI=1S/C14H21N3O3/c1-10(13(18)19)6-7-16-14(20)17-12-5-3-4-11(8-12)9-15-2/h3-5,8,10,15H,6-7,9H2,1-2H3,(H,18,19)(H2,16,17,20). The van der Waals surface area contributed by atoms with Crippen molar-refractivity contribution < 1.29 is 14.7 Å². The Labute approximate surface area is 118 Å². The molecular weight excluding hydrogens is 258 g/mol. The summed E-state index contributed by atoms with van der Waals surface area (Å²) in [5, 5.41) is 17.1. The number of urea groups is 1. The van der Waals surface area contributed by atoms with Crippen molar-refractivity contribution in [3.63, 3.8) is 0 Å². The molecule has 0 fully saturated rings. The molecule has 6 heteroatoms. The molecule has 6 nitrogen and oxygen atoms in total. The Kier molecular flexibility index (Phi) is 6.52. The van der Waals surface area contributed by atoms with Gasteiger partial charge < -0.3 is 21.1 Å². The highest BCUT2D eigenvalue weighted by Crippen LogP contribution is 2.10. The van der Waals surface area contributed by atoms with Crippen LogP contribution in [0.2, 0.25) is 0 Å². The summed E-state index contributed by atoms with van der Waals surface area (Å²) in [5.74, 6) is -1.32. The molecule has 110 valence electrons. The molecule has 20 heavy (non-hydrogen) atoms. The fourth-order valence-corrected chi connectivity index (χ4v) is 1.66. The summed E-state index contributed by atoms with van der Waals surface area (Å²) < 4.78 is 0.